The molecule has 5 heteroatoms. The Morgan fingerprint density at radius 1 is 1.57 bits per heavy atom. The Bertz CT molecular complexity index is 567. The highest BCUT2D eigenvalue weighted by atomic mass is 16.3. The first-order valence-electron chi connectivity index (χ1n) is 3.97. The molecule has 0 atom stereocenters. The molecule has 0 spiro atoms. The molecule has 2 rings (SSSR count). The molecule has 0 bridgehead atoms. The van der Waals surface area contributed by atoms with E-state index in [9.17, 15) is 9.59 Å². The van der Waals surface area contributed by atoms with Crippen molar-refractivity contribution in [3.05, 3.63) is 28.4 Å². The predicted octanol–water partition coefficient (Wildman–Crippen LogP) is -0.262. The van der Waals surface area contributed by atoms with Crippen molar-refractivity contribution < 1.29 is 9.21 Å². The van der Waals surface area contributed by atoms with E-state index in [0.717, 1.165) is 0 Å². The average Bonchev–Trinajstić information content (AvgIpc) is 2.58. The number of carbonyl (C=O) groups is 1. The van der Waals surface area contributed by atoms with Gasteiger partial charge in [-0.05, 0) is 5.46 Å². The van der Waals surface area contributed by atoms with Crippen LogP contribution in [-0.4, -0.2) is 18.7 Å². The molecule has 2 heterocycles. The van der Waals surface area contributed by atoms with Crippen molar-refractivity contribution in [2.24, 2.45) is 7.05 Å². The zero-order valence-electron chi connectivity index (χ0n) is 7.48. The molecule has 0 aliphatic rings. The van der Waals surface area contributed by atoms with E-state index in [4.69, 9.17) is 12.3 Å². The van der Waals surface area contributed by atoms with Crippen molar-refractivity contribution >= 4 is 30.6 Å². The molecular formula is C9H6BNO3. The highest BCUT2D eigenvalue weighted by Gasteiger charge is 2.09. The molecule has 0 N–H and O–H groups in total. The number of hydrogen-bond donors (Lipinski definition) is 0. The number of hydrogen-bond acceptors (Lipinski definition) is 3. The standard InChI is InChI=1S/C9H6BNO3/c1-11-3-7(10)8-6(9(11)13)2-5(4-12)14-8/h2-4H,1H3. The zero-order valence-corrected chi connectivity index (χ0v) is 7.48. The maximum absolute atomic E-state index is 11.5. The van der Waals surface area contributed by atoms with E-state index in [2.05, 4.69) is 0 Å². The Morgan fingerprint density at radius 3 is 2.93 bits per heavy atom. The van der Waals surface area contributed by atoms with E-state index in [1.807, 2.05) is 0 Å². The summed E-state index contributed by atoms with van der Waals surface area (Å²) in [5, 5.41) is 0.328. The van der Waals surface area contributed by atoms with Gasteiger partial charge in [0.25, 0.3) is 5.56 Å². The quantitative estimate of drug-likeness (QED) is 0.456. The van der Waals surface area contributed by atoms with Gasteiger partial charge in [0.05, 0.1) is 5.39 Å². The number of rotatable bonds is 1. The maximum atomic E-state index is 11.5. The van der Waals surface area contributed by atoms with Crippen molar-refractivity contribution in [1.29, 1.82) is 0 Å². The van der Waals surface area contributed by atoms with Crippen molar-refractivity contribution in [3.63, 3.8) is 0 Å². The second-order valence-corrected chi connectivity index (χ2v) is 3.01. The van der Waals surface area contributed by atoms with Gasteiger partial charge in [-0.3, -0.25) is 9.59 Å². The summed E-state index contributed by atoms with van der Waals surface area (Å²) >= 11 is 0. The lowest BCUT2D eigenvalue weighted by molar-refractivity contribution is 0.110. The van der Waals surface area contributed by atoms with Crippen molar-refractivity contribution in [3.8, 4) is 0 Å². The van der Waals surface area contributed by atoms with Gasteiger partial charge in [-0.2, -0.15) is 0 Å². The van der Waals surface area contributed by atoms with Crippen LogP contribution in [0.15, 0.2) is 21.5 Å². The lowest BCUT2D eigenvalue weighted by atomic mass is 9.97. The Morgan fingerprint density at radius 2 is 2.29 bits per heavy atom. The second-order valence-electron chi connectivity index (χ2n) is 3.01. The summed E-state index contributed by atoms with van der Waals surface area (Å²) in [4.78, 5) is 22.0. The van der Waals surface area contributed by atoms with Crippen LogP contribution in [0.1, 0.15) is 10.6 Å². The van der Waals surface area contributed by atoms with Gasteiger partial charge in [0.15, 0.2) is 12.0 Å². The van der Waals surface area contributed by atoms with Crippen LogP contribution in [0, 0.1) is 0 Å². The van der Waals surface area contributed by atoms with Gasteiger partial charge < -0.3 is 8.98 Å². The third kappa shape index (κ3) is 1.09. The van der Waals surface area contributed by atoms with Crippen LogP contribution in [0.2, 0.25) is 0 Å². The highest BCUT2D eigenvalue weighted by Crippen LogP contribution is 2.11. The lowest BCUT2D eigenvalue weighted by Crippen LogP contribution is -2.21. The molecule has 0 fully saturated rings. The third-order valence-corrected chi connectivity index (χ3v) is 2.01. The Hall–Kier alpha value is -1.78. The van der Waals surface area contributed by atoms with Crippen LogP contribution >= 0.6 is 0 Å². The molecule has 2 radical (unpaired) electrons. The van der Waals surface area contributed by atoms with Crippen LogP contribution in [0.4, 0.5) is 0 Å². The molecule has 0 aliphatic carbocycles. The van der Waals surface area contributed by atoms with Crippen LogP contribution in [-0.2, 0) is 7.05 Å². The third-order valence-electron chi connectivity index (χ3n) is 2.01. The number of carbonyl (C=O) groups excluding carboxylic acids is 1. The van der Waals surface area contributed by atoms with E-state index in [1.54, 1.807) is 7.05 Å². The first-order valence-corrected chi connectivity index (χ1v) is 3.97. The number of aryl methyl sites for hydroxylation is 1. The summed E-state index contributed by atoms with van der Waals surface area (Å²) < 4.78 is 6.43. The van der Waals surface area contributed by atoms with E-state index in [0.29, 0.717) is 17.1 Å². The zero-order chi connectivity index (χ0) is 10.3. The van der Waals surface area contributed by atoms with Crippen LogP contribution < -0.4 is 11.0 Å². The number of nitrogens with zero attached hydrogens (tertiary/aromatic N) is 1. The summed E-state index contributed by atoms with van der Waals surface area (Å²) in [5.74, 6) is 0.106. The summed E-state index contributed by atoms with van der Waals surface area (Å²) in [6.07, 6.45) is 2.00. The minimum Gasteiger partial charge on any atom is -0.454 e. The summed E-state index contributed by atoms with van der Waals surface area (Å²) in [5.41, 5.74) is 0.386. The predicted molar refractivity (Wildman–Crippen MR) is 52.2 cm³/mol. The molecule has 4 nitrogen and oxygen atoms in total. The summed E-state index contributed by atoms with van der Waals surface area (Å²) in [6, 6.07) is 1.39. The molecule has 0 saturated carbocycles. The average molecular weight is 187 g/mol. The van der Waals surface area contributed by atoms with E-state index < -0.39 is 0 Å². The SMILES string of the molecule is [B]c1cn(C)c(=O)c2cc(C=O)oc12. The van der Waals surface area contributed by atoms with Gasteiger partial charge in [-0.1, -0.05) is 0 Å². The molecule has 0 aromatic carbocycles. The van der Waals surface area contributed by atoms with Crippen molar-refractivity contribution in [1.82, 2.24) is 4.57 Å². The Kier molecular flexibility index (Phi) is 1.80. The summed E-state index contributed by atoms with van der Waals surface area (Å²) in [7, 11) is 7.21. The fourth-order valence-electron chi connectivity index (χ4n) is 1.36. The molecule has 2 aromatic rings. The second kappa shape index (κ2) is 2.87. The van der Waals surface area contributed by atoms with Crippen LogP contribution in [0.5, 0.6) is 0 Å². The largest absolute Gasteiger partial charge is 0.454 e. The molecule has 0 saturated heterocycles. The topological polar surface area (TPSA) is 52.2 Å². The fourth-order valence-corrected chi connectivity index (χ4v) is 1.36. The highest BCUT2D eigenvalue weighted by molar-refractivity contribution is 6.37. The Labute approximate surface area is 80.5 Å². The van der Waals surface area contributed by atoms with Gasteiger partial charge in [-0.25, -0.2) is 0 Å². The monoisotopic (exact) mass is 187 g/mol. The van der Waals surface area contributed by atoms with Gasteiger partial charge in [0.1, 0.15) is 13.4 Å². The minimum absolute atomic E-state index is 0.106. The van der Waals surface area contributed by atoms with Crippen molar-refractivity contribution in [2.45, 2.75) is 0 Å². The van der Waals surface area contributed by atoms with Gasteiger partial charge in [0, 0.05) is 19.3 Å². The number of aldehydes is 1. The first kappa shape index (κ1) is 8.81. The van der Waals surface area contributed by atoms with E-state index in [-0.39, 0.29) is 16.9 Å². The molecule has 2 aromatic heterocycles. The minimum atomic E-state index is -0.231. The molecule has 68 valence electrons. The smallest absolute Gasteiger partial charge is 0.261 e. The number of furan rings is 1. The molecule has 0 amide bonds. The molecular weight excluding hydrogens is 181 g/mol. The van der Waals surface area contributed by atoms with Gasteiger partial charge in [-0.15, -0.1) is 0 Å². The number of aromatic nitrogens is 1. The van der Waals surface area contributed by atoms with E-state index >= 15 is 0 Å². The normalized spacial score (nSPS) is 10.6. The van der Waals surface area contributed by atoms with Crippen LogP contribution in [0.25, 0.3) is 11.0 Å². The van der Waals surface area contributed by atoms with Crippen LogP contribution in [0.3, 0.4) is 0 Å². The molecule has 14 heavy (non-hydrogen) atoms. The summed E-state index contributed by atoms with van der Waals surface area (Å²) in [6.45, 7) is 0. The maximum Gasteiger partial charge on any atom is 0.261 e. The van der Waals surface area contributed by atoms with Crippen molar-refractivity contribution in [2.75, 3.05) is 0 Å². The van der Waals surface area contributed by atoms with Gasteiger partial charge >= 0.3 is 0 Å². The lowest BCUT2D eigenvalue weighted by Gasteiger charge is -1.99. The number of fused-ring (bicyclic) bond motifs is 1. The fraction of sp³-hybridized carbons (Fsp3) is 0.111. The molecule has 0 unspecified atom stereocenters. The molecule has 0 aliphatic heterocycles. The van der Waals surface area contributed by atoms with E-state index in [1.165, 1.54) is 16.8 Å². The Balaban J connectivity index is 2.98. The first-order chi connectivity index (χ1) is 6.63. The number of pyridine rings is 1. The van der Waals surface area contributed by atoms with Gasteiger partial charge in [0.2, 0.25) is 0 Å².